The summed E-state index contributed by atoms with van der Waals surface area (Å²) in [4.78, 5) is 19.7. The highest BCUT2D eigenvalue weighted by Crippen LogP contribution is 2.30. The number of ether oxygens (including phenoxy) is 1. The third-order valence-electron chi connectivity index (χ3n) is 5.55. The number of carbonyl (C=O) groups is 1. The summed E-state index contributed by atoms with van der Waals surface area (Å²) in [6.07, 6.45) is 2.59. The van der Waals surface area contributed by atoms with Gasteiger partial charge >= 0.3 is 0 Å². The number of nitrogens with zero attached hydrogens (tertiary/aromatic N) is 2. The van der Waals surface area contributed by atoms with Crippen molar-refractivity contribution in [2.75, 3.05) is 44.7 Å². The Hall–Kier alpha value is -3.16. The van der Waals surface area contributed by atoms with Crippen molar-refractivity contribution in [3.05, 3.63) is 59.8 Å². The molecule has 0 spiro atoms. The van der Waals surface area contributed by atoms with Crippen LogP contribution in [0.3, 0.4) is 0 Å². The van der Waals surface area contributed by atoms with E-state index in [0.717, 1.165) is 61.6 Å². The van der Waals surface area contributed by atoms with Gasteiger partial charge in [-0.1, -0.05) is 18.2 Å². The van der Waals surface area contributed by atoms with E-state index in [2.05, 4.69) is 20.5 Å². The number of hydrogen-bond donors (Lipinski definition) is 3. The smallest absolute Gasteiger partial charge is 0.253 e. The molecule has 1 aliphatic heterocycles. The van der Waals surface area contributed by atoms with Gasteiger partial charge in [-0.3, -0.25) is 14.7 Å². The van der Waals surface area contributed by atoms with E-state index >= 15 is 0 Å². The van der Waals surface area contributed by atoms with Crippen LogP contribution >= 0.6 is 0 Å². The van der Waals surface area contributed by atoms with Crippen LogP contribution in [-0.4, -0.2) is 60.3 Å². The van der Waals surface area contributed by atoms with Gasteiger partial charge in [-0.15, -0.1) is 0 Å². The molecule has 0 unspecified atom stereocenters. The van der Waals surface area contributed by atoms with Gasteiger partial charge in [0.2, 0.25) is 0 Å². The van der Waals surface area contributed by atoms with Gasteiger partial charge in [0.25, 0.3) is 5.91 Å². The first-order valence-electron chi connectivity index (χ1n) is 10.6. The van der Waals surface area contributed by atoms with Crippen LogP contribution in [0.1, 0.15) is 22.3 Å². The fourth-order valence-corrected chi connectivity index (χ4v) is 3.78. The van der Waals surface area contributed by atoms with E-state index in [4.69, 9.17) is 4.74 Å². The maximum Gasteiger partial charge on any atom is 0.253 e. The number of phenolic OH excluding ortho intramolecular Hbond substituents is 1. The number of pyridine rings is 1. The molecule has 3 aromatic rings. The van der Waals surface area contributed by atoms with Gasteiger partial charge in [0.05, 0.1) is 24.3 Å². The number of nitrogens with one attached hydrogen (secondary N) is 2. The van der Waals surface area contributed by atoms with Gasteiger partial charge in [-0.2, -0.15) is 0 Å². The van der Waals surface area contributed by atoms with Gasteiger partial charge in [0.1, 0.15) is 5.75 Å². The molecule has 4 rings (SSSR count). The number of aromatic nitrogens is 1. The minimum atomic E-state index is -0.120. The van der Waals surface area contributed by atoms with Crippen molar-refractivity contribution in [2.45, 2.75) is 13.3 Å². The number of carbonyl (C=O) groups excluding carboxylic acids is 1. The monoisotopic (exact) mass is 420 g/mol. The number of amides is 1. The molecule has 162 valence electrons. The van der Waals surface area contributed by atoms with Crippen LogP contribution < -0.4 is 10.6 Å². The number of benzene rings is 2. The van der Waals surface area contributed by atoms with Crippen LogP contribution in [0, 0.1) is 6.92 Å². The highest BCUT2D eigenvalue weighted by molar-refractivity contribution is 6.08. The second-order valence-electron chi connectivity index (χ2n) is 7.75. The molecule has 2 aromatic carbocycles. The Morgan fingerprint density at radius 1 is 1.16 bits per heavy atom. The molecule has 1 fully saturated rings. The Labute approximate surface area is 182 Å². The molecule has 0 radical (unpaired) electrons. The van der Waals surface area contributed by atoms with Crippen molar-refractivity contribution in [2.24, 2.45) is 0 Å². The van der Waals surface area contributed by atoms with E-state index in [-0.39, 0.29) is 11.7 Å². The number of aryl methyl sites for hydroxylation is 1. The summed E-state index contributed by atoms with van der Waals surface area (Å²) in [5.74, 6) is 0.0781. The molecular weight excluding hydrogens is 392 g/mol. The minimum absolute atomic E-state index is 0.120. The number of hydrogen-bond acceptors (Lipinski definition) is 6. The van der Waals surface area contributed by atoms with E-state index in [1.807, 2.05) is 31.2 Å². The summed E-state index contributed by atoms with van der Waals surface area (Å²) in [6.45, 7) is 7.02. The van der Waals surface area contributed by atoms with Crippen molar-refractivity contribution in [3.8, 4) is 5.75 Å². The average Bonchev–Trinajstić information content (AvgIpc) is 2.79. The van der Waals surface area contributed by atoms with Crippen LogP contribution in [0.5, 0.6) is 5.75 Å². The third-order valence-corrected chi connectivity index (χ3v) is 5.55. The molecule has 3 N–H and O–H groups in total. The number of phenols is 1. The van der Waals surface area contributed by atoms with E-state index in [0.29, 0.717) is 17.6 Å². The lowest BCUT2D eigenvalue weighted by molar-refractivity contribution is 0.0374. The molecule has 31 heavy (non-hydrogen) atoms. The largest absolute Gasteiger partial charge is 0.508 e. The summed E-state index contributed by atoms with van der Waals surface area (Å²) < 4.78 is 5.37. The third kappa shape index (κ3) is 5.13. The number of fused-ring (bicyclic) bond motifs is 1. The summed E-state index contributed by atoms with van der Waals surface area (Å²) in [6, 6.07) is 12.7. The molecule has 1 amide bonds. The number of para-hydroxylation sites is 1. The van der Waals surface area contributed by atoms with E-state index < -0.39 is 0 Å². The van der Waals surface area contributed by atoms with Crippen LogP contribution in [0.2, 0.25) is 0 Å². The van der Waals surface area contributed by atoms with E-state index in [1.54, 1.807) is 24.4 Å². The average molecular weight is 421 g/mol. The first-order chi connectivity index (χ1) is 15.1. The van der Waals surface area contributed by atoms with Crippen LogP contribution in [0.25, 0.3) is 10.9 Å². The second kappa shape index (κ2) is 9.76. The normalized spacial score (nSPS) is 14.5. The van der Waals surface area contributed by atoms with Crippen LogP contribution in [0.15, 0.2) is 48.7 Å². The Bertz CT molecular complexity index is 1060. The molecule has 1 aromatic heterocycles. The van der Waals surface area contributed by atoms with E-state index in [9.17, 15) is 9.90 Å². The summed E-state index contributed by atoms with van der Waals surface area (Å²) in [5, 5.41) is 17.1. The van der Waals surface area contributed by atoms with Crippen molar-refractivity contribution in [1.82, 2.24) is 15.2 Å². The molecule has 0 bridgehead atoms. The number of morpholine rings is 1. The molecule has 2 heterocycles. The topological polar surface area (TPSA) is 86.7 Å². The highest BCUT2D eigenvalue weighted by atomic mass is 16.5. The molecule has 0 aliphatic carbocycles. The number of anilines is 2. The Balaban J connectivity index is 1.46. The predicted octanol–water partition coefficient (Wildman–Crippen LogP) is 3.44. The van der Waals surface area contributed by atoms with Crippen molar-refractivity contribution in [1.29, 1.82) is 0 Å². The summed E-state index contributed by atoms with van der Waals surface area (Å²) in [5.41, 5.74) is 3.86. The fourth-order valence-electron chi connectivity index (χ4n) is 3.78. The zero-order valence-corrected chi connectivity index (χ0v) is 17.7. The van der Waals surface area contributed by atoms with Crippen LogP contribution in [-0.2, 0) is 4.74 Å². The standard InChI is InChI=1S/C24H28N4O3/c1-17-6-7-18(29)16-22(17)27-21-8-10-25-23-19(21)4-2-5-20(23)24(30)26-9-3-11-28-12-14-31-15-13-28/h2,4-8,10,16,29H,3,9,11-15H2,1H3,(H,25,27)(H,26,30). The lowest BCUT2D eigenvalue weighted by Crippen LogP contribution is -2.38. The zero-order chi connectivity index (χ0) is 21.6. The molecule has 7 heteroatoms. The van der Waals surface area contributed by atoms with Crippen molar-refractivity contribution < 1.29 is 14.6 Å². The zero-order valence-electron chi connectivity index (χ0n) is 17.7. The number of aromatic hydroxyl groups is 1. The van der Waals surface area contributed by atoms with E-state index in [1.165, 1.54) is 0 Å². The lowest BCUT2D eigenvalue weighted by Gasteiger charge is -2.26. The highest BCUT2D eigenvalue weighted by Gasteiger charge is 2.14. The van der Waals surface area contributed by atoms with Gasteiger partial charge in [0.15, 0.2) is 0 Å². The Kier molecular flexibility index (Phi) is 6.64. The molecule has 0 atom stereocenters. The van der Waals surface area contributed by atoms with Crippen molar-refractivity contribution in [3.63, 3.8) is 0 Å². The van der Waals surface area contributed by atoms with Gasteiger partial charge < -0.3 is 20.5 Å². The predicted molar refractivity (Wildman–Crippen MR) is 122 cm³/mol. The molecular formula is C24H28N4O3. The first kappa shape index (κ1) is 21.1. The lowest BCUT2D eigenvalue weighted by atomic mass is 10.1. The van der Waals surface area contributed by atoms with Gasteiger partial charge in [-0.25, -0.2) is 0 Å². The SMILES string of the molecule is Cc1ccc(O)cc1Nc1ccnc2c(C(=O)NCCCN3CCOCC3)cccc12. The molecule has 7 nitrogen and oxygen atoms in total. The minimum Gasteiger partial charge on any atom is -0.508 e. The molecule has 0 saturated carbocycles. The maximum atomic E-state index is 12.8. The Morgan fingerprint density at radius 2 is 2.00 bits per heavy atom. The van der Waals surface area contributed by atoms with Gasteiger partial charge in [0, 0.05) is 48.7 Å². The van der Waals surface area contributed by atoms with Crippen molar-refractivity contribution >= 4 is 28.2 Å². The molecule has 1 saturated heterocycles. The fraction of sp³-hybridized carbons (Fsp3) is 0.333. The quantitative estimate of drug-likeness (QED) is 0.508. The van der Waals surface area contributed by atoms with Gasteiger partial charge in [-0.05, 0) is 43.7 Å². The first-order valence-corrected chi connectivity index (χ1v) is 10.6. The summed E-state index contributed by atoms with van der Waals surface area (Å²) in [7, 11) is 0. The number of rotatable bonds is 7. The Morgan fingerprint density at radius 3 is 2.84 bits per heavy atom. The summed E-state index contributed by atoms with van der Waals surface area (Å²) >= 11 is 0. The maximum absolute atomic E-state index is 12.8. The second-order valence-corrected chi connectivity index (χ2v) is 7.75. The molecule has 1 aliphatic rings. The van der Waals surface area contributed by atoms with Crippen LogP contribution in [0.4, 0.5) is 11.4 Å².